The second-order valence-electron chi connectivity index (χ2n) is 7.49. The highest BCUT2D eigenvalue weighted by molar-refractivity contribution is 7.99. The third-order valence-corrected chi connectivity index (χ3v) is 7.09. The Morgan fingerprint density at radius 1 is 0.969 bits per heavy atom. The summed E-state index contributed by atoms with van der Waals surface area (Å²) in [4.78, 5) is 12.6. The number of aryl methyl sites for hydroxylation is 1. The van der Waals surface area contributed by atoms with Gasteiger partial charge in [0.15, 0.2) is 5.16 Å². The van der Waals surface area contributed by atoms with Gasteiger partial charge in [-0.3, -0.25) is 4.79 Å². The molecule has 0 atom stereocenters. The minimum atomic E-state index is -0.0488. The zero-order chi connectivity index (χ0) is 22.3. The number of nitrogens with zero attached hydrogens (tertiary/aromatic N) is 3. The van der Waals surface area contributed by atoms with Gasteiger partial charge >= 0.3 is 0 Å². The van der Waals surface area contributed by atoms with Gasteiger partial charge in [0.2, 0.25) is 5.91 Å². The van der Waals surface area contributed by atoms with Gasteiger partial charge < -0.3 is 9.88 Å². The van der Waals surface area contributed by atoms with Crippen LogP contribution < -0.4 is 5.32 Å². The average Bonchev–Trinajstić information content (AvgIpc) is 3.21. The molecule has 0 saturated carbocycles. The van der Waals surface area contributed by atoms with Crippen molar-refractivity contribution in [3.63, 3.8) is 0 Å². The number of carbonyl (C=O) groups excluding carboxylic acids is 1. The molecule has 0 aliphatic carbocycles. The zero-order valence-electron chi connectivity index (χ0n) is 18.2. The third-order valence-electron chi connectivity index (χ3n) is 5.13. The molecule has 5 nitrogen and oxygen atoms in total. The lowest BCUT2D eigenvalue weighted by Gasteiger charge is -2.09. The first-order valence-corrected chi connectivity index (χ1v) is 12.7. The monoisotopic (exact) mass is 462 g/mol. The van der Waals surface area contributed by atoms with Gasteiger partial charge in [-0.15, -0.1) is 22.0 Å². The summed E-state index contributed by atoms with van der Waals surface area (Å²) < 4.78 is 2.10. The quantitative estimate of drug-likeness (QED) is 0.313. The van der Waals surface area contributed by atoms with Crippen LogP contribution in [0.1, 0.15) is 23.9 Å². The SMILES string of the molecule is CCn1c(CSCc2ccc(C)cc2)nnc1SCC(=O)Nc1cccc2ccccc12. The molecule has 4 rings (SSSR count). The minimum absolute atomic E-state index is 0.0488. The number of hydrogen-bond donors (Lipinski definition) is 1. The van der Waals surface area contributed by atoms with E-state index in [0.29, 0.717) is 0 Å². The van der Waals surface area contributed by atoms with Crippen molar-refractivity contribution in [2.75, 3.05) is 11.1 Å². The topological polar surface area (TPSA) is 59.8 Å². The van der Waals surface area contributed by atoms with Crippen LogP contribution in [0.4, 0.5) is 5.69 Å². The van der Waals surface area contributed by atoms with Crippen LogP contribution in [0.15, 0.2) is 71.9 Å². The predicted octanol–water partition coefficient (Wildman–Crippen LogP) is 5.92. The third kappa shape index (κ3) is 5.53. The molecule has 0 aliphatic rings. The lowest BCUT2D eigenvalue weighted by Crippen LogP contribution is -2.15. The minimum Gasteiger partial charge on any atom is -0.325 e. The van der Waals surface area contributed by atoms with Gasteiger partial charge in [-0.05, 0) is 30.9 Å². The van der Waals surface area contributed by atoms with Gasteiger partial charge in [0, 0.05) is 23.4 Å². The standard InChI is InChI=1S/C25H26N4OS2/c1-3-29-23(16-31-15-19-13-11-18(2)12-14-19)27-28-25(29)32-17-24(30)26-22-10-6-8-20-7-4-5-9-21(20)22/h4-14H,3,15-17H2,1-2H3,(H,26,30). The van der Waals surface area contributed by atoms with Crippen LogP contribution in [-0.2, 0) is 22.8 Å². The van der Waals surface area contributed by atoms with Crippen molar-refractivity contribution in [2.45, 2.75) is 37.1 Å². The maximum Gasteiger partial charge on any atom is 0.234 e. The van der Waals surface area contributed by atoms with Gasteiger partial charge in [0.25, 0.3) is 0 Å². The van der Waals surface area contributed by atoms with E-state index in [1.165, 1.54) is 22.9 Å². The smallest absolute Gasteiger partial charge is 0.234 e. The van der Waals surface area contributed by atoms with Crippen LogP contribution >= 0.6 is 23.5 Å². The number of benzene rings is 3. The molecule has 0 fully saturated rings. The predicted molar refractivity (Wildman–Crippen MR) is 135 cm³/mol. The lowest BCUT2D eigenvalue weighted by atomic mass is 10.1. The molecule has 7 heteroatoms. The molecule has 1 heterocycles. The van der Waals surface area contributed by atoms with E-state index in [2.05, 4.69) is 58.2 Å². The number of amides is 1. The molecule has 0 radical (unpaired) electrons. The fourth-order valence-electron chi connectivity index (χ4n) is 3.45. The van der Waals surface area contributed by atoms with E-state index >= 15 is 0 Å². The van der Waals surface area contributed by atoms with Gasteiger partial charge in [0.05, 0.1) is 11.5 Å². The van der Waals surface area contributed by atoms with Crippen molar-refractivity contribution >= 4 is 45.9 Å². The Morgan fingerprint density at radius 2 is 1.75 bits per heavy atom. The highest BCUT2D eigenvalue weighted by atomic mass is 32.2. The van der Waals surface area contributed by atoms with E-state index in [1.807, 2.05) is 54.2 Å². The Hall–Kier alpha value is -2.77. The fraction of sp³-hybridized carbons (Fsp3) is 0.240. The number of nitrogens with one attached hydrogen (secondary N) is 1. The fourth-order valence-corrected chi connectivity index (χ4v) is 5.19. The Bertz CT molecular complexity index is 1200. The lowest BCUT2D eigenvalue weighted by molar-refractivity contribution is -0.113. The molecule has 0 bridgehead atoms. The Balaban J connectivity index is 1.33. The van der Waals surface area contributed by atoms with Crippen molar-refractivity contribution in [3.8, 4) is 0 Å². The van der Waals surface area contributed by atoms with Crippen molar-refractivity contribution < 1.29 is 4.79 Å². The highest BCUT2D eigenvalue weighted by Crippen LogP contribution is 2.25. The van der Waals surface area contributed by atoms with Crippen LogP contribution in [-0.4, -0.2) is 26.4 Å². The van der Waals surface area contributed by atoms with Crippen molar-refractivity contribution in [3.05, 3.63) is 83.7 Å². The first-order valence-electron chi connectivity index (χ1n) is 10.6. The van der Waals surface area contributed by atoms with Gasteiger partial charge in [-0.25, -0.2) is 0 Å². The van der Waals surface area contributed by atoms with Crippen molar-refractivity contribution in [1.29, 1.82) is 0 Å². The maximum atomic E-state index is 12.6. The van der Waals surface area contributed by atoms with Crippen LogP contribution in [0, 0.1) is 6.92 Å². The highest BCUT2D eigenvalue weighted by Gasteiger charge is 2.14. The Labute approximate surface area is 197 Å². The van der Waals surface area contributed by atoms with E-state index in [1.54, 1.807) is 0 Å². The largest absolute Gasteiger partial charge is 0.325 e. The number of fused-ring (bicyclic) bond motifs is 1. The molecule has 1 amide bonds. The van der Waals surface area contributed by atoms with Gasteiger partial charge in [-0.2, -0.15) is 0 Å². The summed E-state index contributed by atoms with van der Waals surface area (Å²) in [7, 11) is 0. The summed E-state index contributed by atoms with van der Waals surface area (Å²) in [5, 5.41) is 14.7. The molecule has 32 heavy (non-hydrogen) atoms. The first-order chi connectivity index (χ1) is 15.6. The molecule has 3 aromatic carbocycles. The molecular weight excluding hydrogens is 436 g/mol. The number of thioether (sulfide) groups is 2. The molecular formula is C25H26N4OS2. The maximum absolute atomic E-state index is 12.6. The number of anilines is 1. The van der Waals surface area contributed by atoms with Crippen LogP contribution in [0.5, 0.6) is 0 Å². The van der Waals surface area contributed by atoms with E-state index in [4.69, 9.17) is 0 Å². The summed E-state index contributed by atoms with van der Waals surface area (Å²) in [6.07, 6.45) is 0. The molecule has 1 aromatic heterocycles. The Morgan fingerprint density at radius 3 is 2.56 bits per heavy atom. The number of hydrogen-bond acceptors (Lipinski definition) is 5. The zero-order valence-corrected chi connectivity index (χ0v) is 19.9. The van der Waals surface area contributed by atoms with Crippen molar-refractivity contribution in [2.24, 2.45) is 0 Å². The molecule has 4 aromatic rings. The van der Waals surface area contributed by atoms with Gasteiger partial charge in [-0.1, -0.05) is 78.0 Å². The van der Waals surface area contributed by atoms with E-state index in [-0.39, 0.29) is 11.7 Å². The first kappa shape index (κ1) is 22.4. The summed E-state index contributed by atoms with van der Waals surface area (Å²) in [6.45, 7) is 4.96. The summed E-state index contributed by atoms with van der Waals surface area (Å²) in [5.41, 5.74) is 3.41. The second kappa shape index (κ2) is 10.7. The number of aromatic nitrogens is 3. The molecule has 0 spiro atoms. The summed E-state index contributed by atoms with van der Waals surface area (Å²) in [5.74, 6) is 2.91. The van der Waals surface area contributed by atoms with E-state index < -0.39 is 0 Å². The second-order valence-corrected chi connectivity index (χ2v) is 9.41. The van der Waals surface area contributed by atoms with Crippen LogP contribution in [0.3, 0.4) is 0 Å². The average molecular weight is 463 g/mol. The summed E-state index contributed by atoms with van der Waals surface area (Å²) in [6, 6.07) is 22.6. The van der Waals surface area contributed by atoms with Crippen LogP contribution in [0.2, 0.25) is 0 Å². The van der Waals surface area contributed by atoms with E-state index in [9.17, 15) is 4.79 Å². The molecule has 0 saturated heterocycles. The normalized spacial score (nSPS) is 11.1. The Kier molecular flexibility index (Phi) is 7.50. The molecule has 0 unspecified atom stereocenters. The molecule has 0 aliphatic heterocycles. The molecule has 1 N–H and O–H groups in total. The van der Waals surface area contributed by atoms with Crippen LogP contribution in [0.25, 0.3) is 10.8 Å². The number of carbonyl (C=O) groups is 1. The number of rotatable bonds is 9. The van der Waals surface area contributed by atoms with E-state index in [0.717, 1.165) is 45.5 Å². The van der Waals surface area contributed by atoms with Crippen molar-refractivity contribution in [1.82, 2.24) is 14.8 Å². The summed E-state index contributed by atoms with van der Waals surface area (Å²) >= 11 is 3.25. The molecule has 164 valence electrons. The van der Waals surface area contributed by atoms with Gasteiger partial charge in [0.1, 0.15) is 5.82 Å².